The largest absolute Gasteiger partial charge is 0.493 e. The number of benzene rings is 1. The molecule has 0 saturated heterocycles. The molecule has 0 amide bonds. The fourth-order valence-corrected chi connectivity index (χ4v) is 2.25. The second-order valence-corrected chi connectivity index (χ2v) is 4.61. The molecular weight excluding hydrogens is 292 g/mol. The number of ether oxygens (including phenoxy) is 2. The van der Waals surface area contributed by atoms with E-state index in [1.165, 1.54) is 7.11 Å². The van der Waals surface area contributed by atoms with Crippen molar-refractivity contribution in [2.24, 2.45) is 5.84 Å². The summed E-state index contributed by atoms with van der Waals surface area (Å²) in [5.74, 6) is 7.45. The zero-order valence-corrected chi connectivity index (χ0v) is 12.9. The number of halogens is 1. The molecule has 1 aromatic carbocycles. The van der Waals surface area contributed by atoms with Crippen LogP contribution in [0.1, 0.15) is 12.6 Å². The average molecular weight is 309 g/mol. The minimum Gasteiger partial charge on any atom is -0.493 e. The molecule has 0 aliphatic carbocycles. The zero-order valence-electron chi connectivity index (χ0n) is 12.1. The van der Waals surface area contributed by atoms with Crippen LogP contribution < -0.4 is 20.7 Å². The number of nitrogens with two attached hydrogens (primary N) is 1. The summed E-state index contributed by atoms with van der Waals surface area (Å²) in [7, 11) is 3.09. The van der Waals surface area contributed by atoms with E-state index >= 15 is 0 Å². The lowest BCUT2D eigenvalue weighted by Crippen LogP contribution is -2.10. The van der Waals surface area contributed by atoms with Crippen molar-refractivity contribution in [3.8, 4) is 22.9 Å². The van der Waals surface area contributed by atoms with Crippen molar-refractivity contribution in [2.75, 3.05) is 19.6 Å². The molecule has 2 aromatic rings. The van der Waals surface area contributed by atoms with E-state index in [-0.39, 0.29) is 0 Å². The molecule has 0 aliphatic heterocycles. The first-order chi connectivity index (χ1) is 10.1. The number of methoxy groups -OCH3 is 2. The number of hydrogen-bond donors (Lipinski definition) is 2. The number of rotatable bonds is 5. The number of aromatic nitrogens is 2. The van der Waals surface area contributed by atoms with Gasteiger partial charge in [-0.15, -0.1) is 0 Å². The molecule has 0 spiro atoms. The molecule has 0 radical (unpaired) electrons. The Kier molecular flexibility index (Phi) is 4.82. The normalized spacial score (nSPS) is 10.3. The number of nitrogens with zero attached hydrogens (tertiary/aromatic N) is 2. The quantitative estimate of drug-likeness (QED) is 0.653. The summed E-state index contributed by atoms with van der Waals surface area (Å²) < 4.78 is 10.5. The summed E-state index contributed by atoms with van der Waals surface area (Å²) in [5, 5.41) is 0.396. The van der Waals surface area contributed by atoms with Gasteiger partial charge in [-0.25, -0.2) is 15.8 Å². The van der Waals surface area contributed by atoms with Gasteiger partial charge in [-0.3, -0.25) is 0 Å². The third-order valence-electron chi connectivity index (χ3n) is 3.02. The summed E-state index contributed by atoms with van der Waals surface area (Å²) in [5.41, 5.74) is 4.05. The summed E-state index contributed by atoms with van der Waals surface area (Å²) in [6.45, 7) is 2.00. The lowest BCUT2D eigenvalue weighted by Gasteiger charge is -2.13. The minimum absolute atomic E-state index is 0.396. The maximum atomic E-state index is 6.38. The van der Waals surface area contributed by atoms with Gasteiger partial charge in [0, 0.05) is 17.3 Å². The van der Waals surface area contributed by atoms with Gasteiger partial charge >= 0.3 is 0 Å². The predicted octanol–water partition coefficient (Wildman–Crippen LogP) is 2.66. The molecule has 0 aliphatic rings. The molecule has 0 atom stereocenters. The van der Waals surface area contributed by atoms with E-state index in [2.05, 4.69) is 15.4 Å². The number of anilines is 1. The van der Waals surface area contributed by atoms with E-state index in [1.807, 2.05) is 6.92 Å². The Morgan fingerprint density at radius 1 is 1.24 bits per heavy atom. The molecule has 7 heteroatoms. The highest BCUT2D eigenvalue weighted by Gasteiger charge is 2.17. The number of hydrogen-bond acceptors (Lipinski definition) is 6. The standard InChI is InChI=1S/C14H17ClN4O2/c1-4-8-7-11(19-16)18-14(17-8)9-5-6-10(20-2)13(21-3)12(9)15/h5-7H,4,16H2,1-3H3,(H,17,18,19). The van der Waals surface area contributed by atoms with Crippen molar-refractivity contribution >= 4 is 17.4 Å². The lowest BCUT2D eigenvalue weighted by atomic mass is 10.1. The van der Waals surface area contributed by atoms with Gasteiger partial charge in [-0.1, -0.05) is 18.5 Å². The number of hydrazine groups is 1. The van der Waals surface area contributed by atoms with E-state index in [0.717, 1.165) is 12.1 Å². The van der Waals surface area contributed by atoms with Gasteiger partial charge in [-0.2, -0.15) is 0 Å². The average Bonchev–Trinajstić information content (AvgIpc) is 2.53. The fraction of sp³-hybridized carbons (Fsp3) is 0.286. The molecule has 112 valence electrons. The summed E-state index contributed by atoms with van der Waals surface area (Å²) in [6, 6.07) is 5.34. The Labute approximate surface area is 128 Å². The topological polar surface area (TPSA) is 82.3 Å². The van der Waals surface area contributed by atoms with E-state index < -0.39 is 0 Å². The predicted molar refractivity (Wildman–Crippen MR) is 82.8 cm³/mol. The third kappa shape index (κ3) is 3.01. The van der Waals surface area contributed by atoms with Gasteiger partial charge in [0.15, 0.2) is 17.3 Å². The van der Waals surface area contributed by atoms with Gasteiger partial charge in [0.05, 0.1) is 19.2 Å². The molecule has 3 N–H and O–H groups in total. The first-order valence-electron chi connectivity index (χ1n) is 6.40. The molecular formula is C14H17ClN4O2. The van der Waals surface area contributed by atoms with Crippen LogP contribution in [0.5, 0.6) is 11.5 Å². The molecule has 1 aromatic heterocycles. The van der Waals surface area contributed by atoms with Gasteiger partial charge in [0.1, 0.15) is 5.82 Å². The molecule has 6 nitrogen and oxygen atoms in total. The molecule has 0 bridgehead atoms. The highest BCUT2D eigenvalue weighted by Crippen LogP contribution is 2.40. The second-order valence-electron chi connectivity index (χ2n) is 4.23. The minimum atomic E-state index is 0.396. The highest BCUT2D eigenvalue weighted by atomic mass is 35.5. The van der Waals surface area contributed by atoms with Crippen molar-refractivity contribution in [1.82, 2.24) is 9.97 Å². The van der Waals surface area contributed by atoms with Crippen molar-refractivity contribution in [1.29, 1.82) is 0 Å². The number of nitrogens with one attached hydrogen (secondary N) is 1. The van der Waals surface area contributed by atoms with E-state index in [1.54, 1.807) is 25.3 Å². The van der Waals surface area contributed by atoms with E-state index in [0.29, 0.717) is 33.7 Å². The van der Waals surface area contributed by atoms with Gasteiger partial charge in [0.25, 0.3) is 0 Å². The Bertz CT molecular complexity index is 627. The molecule has 1 heterocycles. The van der Waals surface area contributed by atoms with Crippen molar-refractivity contribution in [3.63, 3.8) is 0 Å². The van der Waals surface area contributed by atoms with E-state index in [9.17, 15) is 0 Å². The Hall–Kier alpha value is -2.05. The smallest absolute Gasteiger partial charge is 0.180 e. The van der Waals surface area contributed by atoms with Crippen LogP contribution >= 0.6 is 11.6 Å². The van der Waals surface area contributed by atoms with Crippen LogP contribution in [0.4, 0.5) is 5.82 Å². The maximum absolute atomic E-state index is 6.38. The fourth-order valence-electron chi connectivity index (χ4n) is 1.93. The van der Waals surface area contributed by atoms with Crippen LogP contribution in [-0.2, 0) is 6.42 Å². The maximum Gasteiger partial charge on any atom is 0.180 e. The first kappa shape index (κ1) is 15.3. The van der Waals surface area contributed by atoms with Crippen LogP contribution in [0.25, 0.3) is 11.4 Å². The van der Waals surface area contributed by atoms with E-state index in [4.69, 9.17) is 26.9 Å². The van der Waals surface area contributed by atoms with Crippen molar-refractivity contribution in [2.45, 2.75) is 13.3 Å². The van der Waals surface area contributed by atoms with Crippen molar-refractivity contribution in [3.05, 3.63) is 28.9 Å². The molecule has 0 unspecified atom stereocenters. The van der Waals surface area contributed by atoms with Crippen molar-refractivity contribution < 1.29 is 9.47 Å². The van der Waals surface area contributed by atoms with Crippen LogP contribution in [0.3, 0.4) is 0 Å². The highest BCUT2D eigenvalue weighted by molar-refractivity contribution is 6.35. The van der Waals surface area contributed by atoms with Crippen LogP contribution in [0.2, 0.25) is 5.02 Å². The summed E-state index contributed by atoms with van der Waals surface area (Å²) >= 11 is 6.38. The molecule has 2 rings (SSSR count). The Morgan fingerprint density at radius 2 is 2.00 bits per heavy atom. The monoisotopic (exact) mass is 308 g/mol. The zero-order chi connectivity index (χ0) is 15.4. The van der Waals surface area contributed by atoms with Gasteiger partial charge in [0.2, 0.25) is 0 Å². The number of nitrogen functional groups attached to an aromatic ring is 1. The van der Waals surface area contributed by atoms with Gasteiger partial charge < -0.3 is 14.9 Å². The SMILES string of the molecule is CCc1cc(NN)nc(-c2ccc(OC)c(OC)c2Cl)n1. The van der Waals surface area contributed by atoms with Gasteiger partial charge in [-0.05, 0) is 18.6 Å². The van der Waals surface area contributed by atoms with Crippen LogP contribution in [0, 0.1) is 0 Å². The second kappa shape index (κ2) is 6.60. The molecule has 21 heavy (non-hydrogen) atoms. The third-order valence-corrected chi connectivity index (χ3v) is 3.39. The lowest BCUT2D eigenvalue weighted by molar-refractivity contribution is 0.355. The number of aryl methyl sites for hydroxylation is 1. The van der Waals surface area contributed by atoms with Crippen LogP contribution in [0.15, 0.2) is 18.2 Å². The first-order valence-corrected chi connectivity index (χ1v) is 6.77. The summed E-state index contributed by atoms with van der Waals surface area (Å²) in [4.78, 5) is 8.81. The molecule has 0 fully saturated rings. The van der Waals surface area contributed by atoms with Crippen LogP contribution in [-0.4, -0.2) is 24.2 Å². The molecule has 0 saturated carbocycles. The Morgan fingerprint density at radius 3 is 2.57 bits per heavy atom. The summed E-state index contributed by atoms with van der Waals surface area (Å²) in [6.07, 6.45) is 0.759. The Balaban J connectivity index is 2.61.